The van der Waals surface area contributed by atoms with Crippen molar-refractivity contribution in [3.05, 3.63) is 63.9 Å². The fourth-order valence-electron chi connectivity index (χ4n) is 2.18. The van der Waals surface area contributed by atoms with Gasteiger partial charge in [-0.3, -0.25) is 4.79 Å². The van der Waals surface area contributed by atoms with E-state index in [1.165, 1.54) is 12.1 Å². The van der Waals surface area contributed by atoms with Gasteiger partial charge in [0.1, 0.15) is 11.6 Å². The fraction of sp³-hybridized carbons (Fsp3) is 0.235. The summed E-state index contributed by atoms with van der Waals surface area (Å²) in [7, 11) is 1.61. The van der Waals surface area contributed by atoms with Crippen molar-refractivity contribution in [2.75, 3.05) is 7.11 Å². The summed E-state index contributed by atoms with van der Waals surface area (Å²) in [6.07, 6.45) is 0.731. The van der Waals surface area contributed by atoms with Crippen LogP contribution in [0.4, 0.5) is 4.39 Å². The van der Waals surface area contributed by atoms with E-state index >= 15 is 0 Å². The lowest BCUT2D eigenvalue weighted by Gasteiger charge is -2.18. The smallest absolute Gasteiger partial charge is 0.251 e. The number of hydrogen-bond donors (Lipinski definition) is 1. The minimum atomic E-state index is -0.447. The van der Waals surface area contributed by atoms with Crippen molar-refractivity contribution in [1.29, 1.82) is 0 Å². The van der Waals surface area contributed by atoms with E-state index in [2.05, 4.69) is 21.2 Å². The van der Waals surface area contributed by atoms with Crippen LogP contribution in [-0.2, 0) is 0 Å². The summed E-state index contributed by atoms with van der Waals surface area (Å²) in [6.45, 7) is 1.98. The third-order valence-corrected chi connectivity index (χ3v) is 3.81. The van der Waals surface area contributed by atoms with E-state index in [1.807, 2.05) is 31.2 Å². The van der Waals surface area contributed by atoms with Gasteiger partial charge < -0.3 is 10.1 Å². The number of carbonyl (C=O) groups is 1. The van der Waals surface area contributed by atoms with Crippen LogP contribution in [-0.4, -0.2) is 13.0 Å². The Morgan fingerprint density at radius 3 is 2.50 bits per heavy atom. The van der Waals surface area contributed by atoms with Crippen molar-refractivity contribution in [3.63, 3.8) is 0 Å². The Hall–Kier alpha value is -1.88. The molecule has 0 saturated heterocycles. The lowest BCUT2D eigenvalue weighted by atomic mass is 10.0. The molecule has 2 rings (SSSR count). The number of hydrogen-bond acceptors (Lipinski definition) is 2. The summed E-state index contributed by atoms with van der Waals surface area (Å²) in [5, 5.41) is 2.92. The van der Waals surface area contributed by atoms with Gasteiger partial charge in [0.15, 0.2) is 0 Å². The lowest BCUT2D eigenvalue weighted by molar-refractivity contribution is 0.0935. The number of nitrogens with one attached hydrogen (secondary N) is 1. The highest BCUT2D eigenvalue weighted by Gasteiger charge is 2.15. The van der Waals surface area contributed by atoms with Gasteiger partial charge in [-0.1, -0.05) is 35.0 Å². The Bertz CT molecular complexity index is 638. The molecule has 1 N–H and O–H groups in total. The molecule has 1 amide bonds. The molecule has 3 nitrogen and oxygen atoms in total. The van der Waals surface area contributed by atoms with Gasteiger partial charge >= 0.3 is 0 Å². The summed E-state index contributed by atoms with van der Waals surface area (Å²) in [5.74, 6) is 0.0129. The Labute approximate surface area is 137 Å². The molecule has 2 aromatic rings. The van der Waals surface area contributed by atoms with Gasteiger partial charge in [-0.25, -0.2) is 4.39 Å². The minimum Gasteiger partial charge on any atom is -0.497 e. The van der Waals surface area contributed by atoms with E-state index in [0.717, 1.165) is 17.7 Å². The van der Waals surface area contributed by atoms with Gasteiger partial charge in [-0.2, -0.15) is 0 Å². The van der Waals surface area contributed by atoms with E-state index < -0.39 is 5.82 Å². The zero-order valence-electron chi connectivity index (χ0n) is 12.4. The Balaban J connectivity index is 2.16. The highest BCUT2D eigenvalue weighted by molar-refractivity contribution is 9.10. The number of carbonyl (C=O) groups excluding carboxylic acids is 1. The zero-order chi connectivity index (χ0) is 16.1. The summed E-state index contributed by atoms with van der Waals surface area (Å²) in [5.41, 5.74) is 1.27. The van der Waals surface area contributed by atoms with Crippen LogP contribution in [0.1, 0.15) is 35.3 Å². The maximum Gasteiger partial charge on any atom is 0.251 e. The topological polar surface area (TPSA) is 38.3 Å². The molecule has 0 bridgehead atoms. The minimum absolute atomic E-state index is 0.138. The Morgan fingerprint density at radius 2 is 1.95 bits per heavy atom. The second-order valence-electron chi connectivity index (χ2n) is 4.87. The van der Waals surface area contributed by atoms with Crippen LogP contribution in [0.3, 0.4) is 0 Å². The summed E-state index contributed by atoms with van der Waals surface area (Å²) < 4.78 is 19.1. The van der Waals surface area contributed by atoms with Gasteiger partial charge in [0.05, 0.1) is 13.2 Å². The number of rotatable bonds is 5. The van der Waals surface area contributed by atoms with Crippen LogP contribution in [0.25, 0.3) is 0 Å². The predicted octanol–water partition coefficient (Wildman–Crippen LogP) is 4.48. The van der Waals surface area contributed by atoms with Gasteiger partial charge in [0, 0.05) is 10.0 Å². The van der Waals surface area contributed by atoms with Crippen LogP contribution in [0.15, 0.2) is 46.9 Å². The Kier molecular flexibility index (Phi) is 5.55. The highest BCUT2D eigenvalue weighted by Crippen LogP contribution is 2.21. The third-order valence-electron chi connectivity index (χ3n) is 3.36. The molecule has 1 atom stereocenters. The maximum atomic E-state index is 13.4. The summed E-state index contributed by atoms with van der Waals surface area (Å²) in [6, 6.07) is 11.5. The number of amides is 1. The second-order valence-corrected chi connectivity index (χ2v) is 5.78. The Morgan fingerprint density at radius 1 is 1.27 bits per heavy atom. The average molecular weight is 366 g/mol. The highest BCUT2D eigenvalue weighted by atomic mass is 79.9. The van der Waals surface area contributed by atoms with Gasteiger partial charge in [-0.05, 0) is 42.3 Å². The fourth-order valence-corrected chi connectivity index (χ4v) is 2.65. The first-order chi connectivity index (χ1) is 10.5. The lowest BCUT2D eigenvalue weighted by Crippen LogP contribution is -2.28. The van der Waals surface area contributed by atoms with Crippen LogP contribution >= 0.6 is 15.9 Å². The molecule has 0 aliphatic rings. The standard InChI is InChI=1S/C17H17BrFNO2/c1-3-16(11-4-6-15(22-2)7-5-11)20-17(21)12-8-13(18)10-14(19)9-12/h4-10,16H,3H2,1-2H3,(H,20,21). The number of halogens is 2. The van der Waals surface area contributed by atoms with E-state index in [9.17, 15) is 9.18 Å². The maximum absolute atomic E-state index is 13.4. The van der Waals surface area contributed by atoms with Crippen molar-refractivity contribution in [3.8, 4) is 5.75 Å². The van der Waals surface area contributed by atoms with Crippen LogP contribution in [0, 0.1) is 5.82 Å². The molecule has 0 heterocycles. The van der Waals surface area contributed by atoms with Crippen LogP contribution < -0.4 is 10.1 Å². The average Bonchev–Trinajstić information content (AvgIpc) is 2.51. The first-order valence-electron chi connectivity index (χ1n) is 6.94. The molecule has 2 aromatic carbocycles. The third kappa shape index (κ3) is 4.07. The monoisotopic (exact) mass is 365 g/mol. The van der Waals surface area contributed by atoms with Gasteiger partial charge in [0.25, 0.3) is 5.91 Å². The number of methoxy groups -OCH3 is 1. The largest absolute Gasteiger partial charge is 0.497 e. The molecule has 0 spiro atoms. The molecule has 116 valence electrons. The van der Waals surface area contributed by atoms with Crippen LogP contribution in [0.2, 0.25) is 0 Å². The zero-order valence-corrected chi connectivity index (χ0v) is 14.0. The van der Waals surface area contributed by atoms with Crippen molar-refractivity contribution >= 4 is 21.8 Å². The number of benzene rings is 2. The van der Waals surface area contributed by atoms with Crippen molar-refractivity contribution in [1.82, 2.24) is 5.32 Å². The van der Waals surface area contributed by atoms with Gasteiger partial charge in [-0.15, -0.1) is 0 Å². The van der Waals surface area contributed by atoms with Crippen LogP contribution in [0.5, 0.6) is 5.75 Å². The molecular formula is C17H17BrFNO2. The summed E-state index contributed by atoms with van der Waals surface area (Å²) in [4.78, 5) is 12.3. The summed E-state index contributed by atoms with van der Waals surface area (Å²) >= 11 is 3.19. The molecule has 0 radical (unpaired) electrons. The predicted molar refractivity (Wildman–Crippen MR) is 87.6 cm³/mol. The molecule has 0 aliphatic carbocycles. The quantitative estimate of drug-likeness (QED) is 0.848. The van der Waals surface area contributed by atoms with Gasteiger partial charge in [0.2, 0.25) is 0 Å². The molecule has 0 aliphatic heterocycles. The molecule has 1 unspecified atom stereocenters. The van der Waals surface area contributed by atoms with E-state index in [0.29, 0.717) is 10.0 Å². The first kappa shape index (κ1) is 16.5. The normalized spacial score (nSPS) is 11.8. The first-order valence-corrected chi connectivity index (χ1v) is 7.73. The number of ether oxygens (including phenoxy) is 1. The molecule has 0 aromatic heterocycles. The van der Waals surface area contributed by atoms with E-state index in [-0.39, 0.29) is 11.9 Å². The molecular weight excluding hydrogens is 349 g/mol. The SMILES string of the molecule is CCC(NC(=O)c1cc(F)cc(Br)c1)c1ccc(OC)cc1. The van der Waals surface area contributed by atoms with Crippen molar-refractivity contribution in [2.24, 2.45) is 0 Å². The molecule has 22 heavy (non-hydrogen) atoms. The van der Waals surface area contributed by atoms with Crippen molar-refractivity contribution in [2.45, 2.75) is 19.4 Å². The molecule has 0 saturated carbocycles. The molecule has 5 heteroatoms. The van der Waals surface area contributed by atoms with Crippen molar-refractivity contribution < 1.29 is 13.9 Å². The van der Waals surface area contributed by atoms with E-state index in [1.54, 1.807) is 13.2 Å². The molecule has 0 fully saturated rings. The second kappa shape index (κ2) is 7.40. The van der Waals surface area contributed by atoms with E-state index in [4.69, 9.17) is 4.74 Å².